The second-order valence-electron chi connectivity index (χ2n) is 4.44. The molecule has 70 valence electrons. The van der Waals surface area contributed by atoms with Crippen LogP contribution in [-0.4, -0.2) is 31.2 Å². The van der Waals surface area contributed by atoms with E-state index in [0.29, 0.717) is 11.3 Å². The number of amides is 1. The van der Waals surface area contributed by atoms with Gasteiger partial charge in [0.1, 0.15) is 0 Å². The number of carbonyl (C=O) groups excluding carboxylic acids is 1. The molecule has 1 saturated heterocycles. The molecule has 1 aliphatic heterocycles. The number of ether oxygens (including phenoxy) is 1. The van der Waals surface area contributed by atoms with Crippen molar-refractivity contribution in [1.29, 1.82) is 0 Å². The minimum atomic E-state index is -0.199. The molecule has 0 aromatic rings. The van der Waals surface area contributed by atoms with E-state index in [-0.39, 0.29) is 6.09 Å². The second-order valence-corrected chi connectivity index (χ2v) is 4.44. The molecule has 0 aliphatic carbocycles. The van der Waals surface area contributed by atoms with Gasteiger partial charge in [0, 0.05) is 13.1 Å². The van der Waals surface area contributed by atoms with Gasteiger partial charge in [-0.25, -0.2) is 4.79 Å². The Morgan fingerprint density at radius 2 is 1.92 bits per heavy atom. The quantitative estimate of drug-likeness (QED) is 0.555. The molecule has 3 heteroatoms. The van der Waals surface area contributed by atoms with Gasteiger partial charge in [0.25, 0.3) is 0 Å². The lowest BCUT2D eigenvalue weighted by atomic mass is 9.76. The molecule has 0 aromatic heterocycles. The highest BCUT2D eigenvalue weighted by Crippen LogP contribution is 2.33. The number of nitrogens with zero attached hydrogens (tertiary/aromatic N) is 1. The summed E-state index contributed by atoms with van der Waals surface area (Å²) in [4.78, 5) is 12.7. The third kappa shape index (κ3) is 1.71. The summed E-state index contributed by atoms with van der Waals surface area (Å²) >= 11 is 0. The monoisotopic (exact) mass is 171 g/mol. The Bertz CT molecular complexity index is 177. The summed E-state index contributed by atoms with van der Waals surface area (Å²) in [5.74, 6) is 0.622. The first-order valence-corrected chi connectivity index (χ1v) is 4.28. The Labute approximate surface area is 73.7 Å². The van der Waals surface area contributed by atoms with Gasteiger partial charge in [-0.3, -0.25) is 0 Å². The van der Waals surface area contributed by atoms with Crippen LogP contribution in [0.1, 0.15) is 20.8 Å². The van der Waals surface area contributed by atoms with Crippen LogP contribution in [0.3, 0.4) is 0 Å². The average molecular weight is 171 g/mol. The predicted molar refractivity (Wildman–Crippen MR) is 46.9 cm³/mol. The highest BCUT2D eigenvalue weighted by atomic mass is 16.5. The first-order chi connectivity index (χ1) is 5.45. The number of hydrogen-bond donors (Lipinski definition) is 0. The molecule has 1 heterocycles. The molecule has 0 N–H and O–H groups in total. The zero-order chi connectivity index (χ0) is 9.35. The van der Waals surface area contributed by atoms with Crippen molar-refractivity contribution < 1.29 is 9.53 Å². The van der Waals surface area contributed by atoms with E-state index in [4.69, 9.17) is 0 Å². The fourth-order valence-electron chi connectivity index (χ4n) is 1.30. The highest BCUT2D eigenvalue weighted by Gasteiger charge is 2.38. The lowest BCUT2D eigenvalue weighted by Gasteiger charge is -2.45. The van der Waals surface area contributed by atoms with Crippen LogP contribution < -0.4 is 0 Å². The Morgan fingerprint density at radius 1 is 1.42 bits per heavy atom. The molecule has 1 aliphatic rings. The first kappa shape index (κ1) is 9.36. The minimum absolute atomic E-state index is 0.199. The fourth-order valence-corrected chi connectivity index (χ4v) is 1.30. The average Bonchev–Trinajstić information content (AvgIpc) is 1.80. The number of methoxy groups -OCH3 is 1. The molecule has 1 rings (SSSR count). The molecule has 0 unspecified atom stereocenters. The van der Waals surface area contributed by atoms with Crippen molar-refractivity contribution in [2.45, 2.75) is 20.8 Å². The van der Waals surface area contributed by atoms with Crippen LogP contribution in [-0.2, 0) is 4.74 Å². The summed E-state index contributed by atoms with van der Waals surface area (Å²) in [6, 6.07) is 0. The standard InChI is InChI=1S/C9H17NO2/c1-9(2,3)7-5-10(6-7)8(11)12-4/h7H,5-6H2,1-4H3. The molecule has 12 heavy (non-hydrogen) atoms. The summed E-state index contributed by atoms with van der Waals surface area (Å²) < 4.78 is 4.60. The Kier molecular flexibility index (Phi) is 2.31. The zero-order valence-corrected chi connectivity index (χ0v) is 8.26. The minimum Gasteiger partial charge on any atom is -0.453 e. The third-order valence-corrected chi connectivity index (χ3v) is 2.54. The van der Waals surface area contributed by atoms with Crippen molar-refractivity contribution in [3.63, 3.8) is 0 Å². The fraction of sp³-hybridized carbons (Fsp3) is 0.889. The topological polar surface area (TPSA) is 29.5 Å². The normalized spacial score (nSPS) is 18.8. The van der Waals surface area contributed by atoms with Gasteiger partial charge in [0.2, 0.25) is 0 Å². The lowest BCUT2D eigenvalue weighted by molar-refractivity contribution is 0.0223. The highest BCUT2D eigenvalue weighted by molar-refractivity contribution is 5.68. The summed E-state index contributed by atoms with van der Waals surface area (Å²) in [5.41, 5.74) is 0.310. The van der Waals surface area contributed by atoms with E-state index in [2.05, 4.69) is 25.5 Å². The number of hydrogen-bond acceptors (Lipinski definition) is 2. The van der Waals surface area contributed by atoms with Gasteiger partial charge in [-0.2, -0.15) is 0 Å². The van der Waals surface area contributed by atoms with Crippen molar-refractivity contribution in [3.8, 4) is 0 Å². The van der Waals surface area contributed by atoms with Crippen LogP contribution in [0.15, 0.2) is 0 Å². The number of likely N-dealkylation sites (tertiary alicyclic amines) is 1. The van der Waals surface area contributed by atoms with Crippen LogP contribution >= 0.6 is 0 Å². The molecule has 0 aromatic carbocycles. The zero-order valence-electron chi connectivity index (χ0n) is 8.26. The van der Waals surface area contributed by atoms with Crippen LogP contribution in [0.4, 0.5) is 4.79 Å². The van der Waals surface area contributed by atoms with Gasteiger partial charge in [-0.1, -0.05) is 20.8 Å². The van der Waals surface area contributed by atoms with Crippen LogP contribution in [0.25, 0.3) is 0 Å². The molecule has 0 atom stereocenters. The van der Waals surface area contributed by atoms with E-state index in [1.807, 2.05) is 0 Å². The smallest absolute Gasteiger partial charge is 0.409 e. The second kappa shape index (κ2) is 2.96. The van der Waals surface area contributed by atoms with Crippen molar-refractivity contribution in [2.24, 2.45) is 11.3 Å². The molecule has 0 spiro atoms. The summed E-state index contributed by atoms with van der Waals surface area (Å²) in [6.07, 6.45) is -0.199. The molecule has 0 bridgehead atoms. The Hall–Kier alpha value is -0.730. The van der Waals surface area contributed by atoms with Gasteiger partial charge in [0.05, 0.1) is 7.11 Å². The molecule has 3 nitrogen and oxygen atoms in total. The van der Waals surface area contributed by atoms with E-state index < -0.39 is 0 Å². The summed E-state index contributed by atoms with van der Waals surface area (Å²) in [5, 5.41) is 0. The number of rotatable bonds is 0. The Morgan fingerprint density at radius 3 is 2.25 bits per heavy atom. The summed E-state index contributed by atoms with van der Waals surface area (Å²) in [6.45, 7) is 8.29. The van der Waals surface area contributed by atoms with Crippen molar-refractivity contribution >= 4 is 6.09 Å². The van der Waals surface area contributed by atoms with Gasteiger partial charge in [-0.15, -0.1) is 0 Å². The van der Waals surface area contributed by atoms with Crippen LogP contribution in [0, 0.1) is 11.3 Å². The molecule has 1 fully saturated rings. The molecular formula is C9H17NO2. The van der Waals surface area contributed by atoms with E-state index in [1.165, 1.54) is 7.11 Å². The van der Waals surface area contributed by atoms with Crippen molar-refractivity contribution in [2.75, 3.05) is 20.2 Å². The van der Waals surface area contributed by atoms with Crippen LogP contribution in [0.2, 0.25) is 0 Å². The molecule has 0 saturated carbocycles. The maximum Gasteiger partial charge on any atom is 0.409 e. The maximum atomic E-state index is 11.0. The molecule has 0 radical (unpaired) electrons. The number of carbonyl (C=O) groups is 1. The summed E-state index contributed by atoms with van der Waals surface area (Å²) in [7, 11) is 1.42. The van der Waals surface area contributed by atoms with Gasteiger partial charge in [0.15, 0.2) is 0 Å². The first-order valence-electron chi connectivity index (χ1n) is 4.28. The third-order valence-electron chi connectivity index (χ3n) is 2.54. The Balaban J connectivity index is 2.34. The van der Waals surface area contributed by atoms with E-state index in [9.17, 15) is 4.79 Å². The van der Waals surface area contributed by atoms with E-state index in [1.54, 1.807) is 4.90 Å². The van der Waals surface area contributed by atoms with E-state index >= 15 is 0 Å². The van der Waals surface area contributed by atoms with Crippen molar-refractivity contribution in [1.82, 2.24) is 4.90 Å². The van der Waals surface area contributed by atoms with Crippen molar-refractivity contribution in [3.05, 3.63) is 0 Å². The van der Waals surface area contributed by atoms with E-state index in [0.717, 1.165) is 13.1 Å². The van der Waals surface area contributed by atoms with Gasteiger partial charge >= 0.3 is 6.09 Å². The predicted octanol–water partition coefficient (Wildman–Crippen LogP) is 1.73. The van der Waals surface area contributed by atoms with Gasteiger partial charge in [-0.05, 0) is 11.3 Å². The molecule has 1 amide bonds. The SMILES string of the molecule is COC(=O)N1CC(C(C)(C)C)C1. The lowest BCUT2D eigenvalue weighted by Crippen LogP contribution is -2.54. The van der Waals surface area contributed by atoms with Gasteiger partial charge < -0.3 is 9.64 Å². The largest absolute Gasteiger partial charge is 0.453 e. The molecular weight excluding hydrogens is 154 g/mol. The maximum absolute atomic E-state index is 11.0. The van der Waals surface area contributed by atoms with Crippen LogP contribution in [0.5, 0.6) is 0 Å².